The van der Waals surface area contributed by atoms with Crippen LogP contribution in [0.3, 0.4) is 0 Å². The molecule has 5 heteroatoms. The van der Waals surface area contributed by atoms with Crippen LogP contribution in [0.4, 0.5) is 18.9 Å². The zero-order chi connectivity index (χ0) is 13.1. The van der Waals surface area contributed by atoms with Gasteiger partial charge in [-0.3, -0.25) is 0 Å². The molecule has 1 heterocycles. The molecule has 2 nitrogen and oxygen atoms in total. The molecule has 1 aliphatic heterocycles. The number of benzene rings is 1. The average Bonchev–Trinajstić information content (AvgIpc) is 2.36. The molecule has 0 amide bonds. The van der Waals surface area contributed by atoms with Crippen molar-refractivity contribution in [2.45, 2.75) is 38.3 Å². The van der Waals surface area contributed by atoms with Gasteiger partial charge in [-0.2, -0.15) is 0 Å². The van der Waals surface area contributed by atoms with Gasteiger partial charge in [0.15, 0.2) is 17.5 Å². The summed E-state index contributed by atoms with van der Waals surface area (Å²) in [4.78, 5) is 0. The Morgan fingerprint density at radius 3 is 2.56 bits per heavy atom. The number of halogens is 3. The maximum Gasteiger partial charge on any atom is 0.194 e. The van der Waals surface area contributed by atoms with Crippen molar-refractivity contribution >= 4 is 5.69 Å². The molecule has 2 unspecified atom stereocenters. The molecule has 1 N–H and O–H groups in total. The van der Waals surface area contributed by atoms with E-state index in [4.69, 9.17) is 4.74 Å². The maximum absolute atomic E-state index is 13.1. The average molecular weight is 259 g/mol. The summed E-state index contributed by atoms with van der Waals surface area (Å²) < 4.78 is 44.4. The normalized spacial score (nSPS) is 24.0. The van der Waals surface area contributed by atoms with Gasteiger partial charge in [0.1, 0.15) is 0 Å². The first-order valence-electron chi connectivity index (χ1n) is 6.12. The first kappa shape index (κ1) is 13.2. The fraction of sp³-hybridized carbons (Fsp3) is 0.538. The van der Waals surface area contributed by atoms with E-state index in [0.29, 0.717) is 6.61 Å². The lowest BCUT2D eigenvalue weighted by Crippen LogP contribution is -2.33. The summed E-state index contributed by atoms with van der Waals surface area (Å²) in [6.07, 6.45) is 2.64. The predicted molar refractivity (Wildman–Crippen MR) is 63.0 cm³/mol. The summed E-state index contributed by atoms with van der Waals surface area (Å²) >= 11 is 0. The topological polar surface area (TPSA) is 21.3 Å². The van der Waals surface area contributed by atoms with E-state index < -0.39 is 17.5 Å². The predicted octanol–water partition coefficient (Wildman–Crippen LogP) is 3.47. The van der Waals surface area contributed by atoms with Gasteiger partial charge in [0.25, 0.3) is 0 Å². The number of rotatable bonds is 3. The molecule has 1 aromatic rings. The van der Waals surface area contributed by atoms with Crippen molar-refractivity contribution in [1.29, 1.82) is 0 Å². The highest BCUT2D eigenvalue weighted by Gasteiger charge is 2.21. The largest absolute Gasteiger partial charge is 0.382 e. The minimum absolute atomic E-state index is 0.105. The highest BCUT2D eigenvalue weighted by Crippen LogP contribution is 2.23. The molecule has 0 spiro atoms. The number of hydrogen-bond acceptors (Lipinski definition) is 2. The lowest BCUT2D eigenvalue weighted by Gasteiger charge is -2.30. The van der Waals surface area contributed by atoms with Crippen LogP contribution < -0.4 is 5.32 Å². The van der Waals surface area contributed by atoms with E-state index in [0.717, 1.165) is 31.4 Å². The zero-order valence-corrected chi connectivity index (χ0v) is 10.2. The van der Waals surface area contributed by atoms with E-state index in [9.17, 15) is 13.2 Å². The van der Waals surface area contributed by atoms with Crippen molar-refractivity contribution in [2.75, 3.05) is 11.9 Å². The molecule has 0 aromatic heterocycles. The highest BCUT2D eigenvalue weighted by atomic mass is 19.2. The van der Waals surface area contributed by atoms with Gasteiger partial charge in [-0.1, -0.05) is 6.92 Å². The SMILES string of the molecule is CCC1CC(Nc2cc(F)c(F)c(F)c2)CCO1. The minimum Gasteiger partial charge on any atom is -0.382 e. The number of hydrogen-bond donors (Lipinski definition) is 1. The van der Waals surface area contributed by atoms with Gasteiger partial charge in [0, 0.05) is 30.5 Å². The molecule has 1 aliphatic rings. The Bertz CT molecular complexity index is 402. The number of nitrogens with one attached hydrogen (secondary N) is 1. The first-order valence-corrected chi connectivity index (χ1v) is 6.12. The van der Waals surface area contributed by atoms with Crippen LogP contribution in [0.25, 0.3) is 0 Å². The molecule has 2 atom stereocenters. The van der Waals surface area contributed by atoms with Crippen molar-refractivity contribution in [3.63, 3.8) is 0 Å². The number of anilines is 1. The van der Waals surface area contributed by atoms with E-state index in [1.165, 1.54) is 0 Å². The van der Waals surface area contributed by atoms with Gasteiger partial charge >= 0.3 is 0 Å². The molecule has 0 bridgehead atoms. The summed E-state index contributed by atoms with van der Waals surface area (Å²) in [7, 11) is 0. The molecule has 0 saturated carbocycles. The molecule has 1 saturated heterocycles. The molecule has 0 radical (unpaired) electrons. The molecular formula is C13H16F3NO. The molecule has 100 valence electrons. The third-order valence-electron chi connectivity index (χ3n) is 3.18. The minimum atomic E-state index is -1.43. The molecule has 18 heavy (non-hydrogen) atoms. The van der Waals surface area contributed by atoms with Crippen LogP contribution in [0, 0.1) is 17.5 Å². The van der Waals surface area contributed by atoms with Crippen LogP contribution in [-0.2, 0) is 4.74 Å². The third-order valence-corrected chi connectivity index (χ3v) is 3.18. The third kappa shape index (κ3) is 2.96. The van der Waals surface area contributed by atoms with Crippen molar-refractivity contribution in [2.24, 2.45) is 0 Å². The van der Waals surface area contributed by atoms with Crippen LogP contribution >= 0.6 is 0 Å². The van der Waals surface area contributed by atoms with Crippen LogP contribution in [0.2, 0.25) is 0 Å². The van der Waals surface area contributed by atoms with Crippen LogP contribution in [0.1, 0.15) is 26.2 Å². The Balaban J connectivity index is 2.05. The fourth-order valence-corrected chi connectivity index (χ4v) is 2.17. The smallest absolute Gasteiger partial charge is 0.194 e. The van der Waals surface area contributed by atoms with Gasteiger partial charge in [0.2, 0.25) is 0 Å². The second-order valence-corrected chi connectivity index (χ2v) is 4.52. The Hall–Kier alpha value is -1.23. The molecule has 0 aliphatic carbocycles. The van der Waals surface area contributed by atoms with Crippen molar-refractivity contribution in [3.8, 4) is 0 Å². The molecular weight excluding hydrogens is 243 g/mol. The number of ether oxygens (including phenoxy) is 1. The summed E-state index contributed by atoms with van der Waals surface area (Å²) in [5, 5.41) is 3.03. The first-order chi connectivity index (χ1) is 8.60. The van der Waals surface area contributed by atoms with Gasteiger partial charge in [-0.15, -0.1) is 0 Å². The Morgan fingerprint density at radius 1 is 1.28 bits per heavy atom. The Morgan fingerprint density at radius 2 is 1.94 bits per heavy atom. The summed E-state index contributed by atoms with van der Waals surface area (Å²) in [5.74, 6) is -3.77. The van der Waals surface area contributed by atoms with Gasteiger partial charge in [-0.05, 0) is 19.3 Å². The van der Waals surface area contributed by atoms with Crippen LogP contribution in [-0.4, -0.2) is 18.8 Å². The summed E-state index contributed by atoms with van der Waals surface area (Å²) in [6.45, 7) is 2.66. The lowest BCUT2D eigenvalue weighted by atomic mass is 10.0. The maximum atomic E-state index is 13.1. The van der Waals surface area contributed by atoms with Gasteiger partial charge in [0.05, 0.1) is 6.10 Å². The quantitative estimate of drug-likeness (QED) is 0.839. The molecule has 2 rings (SSSR count). The zero-order valence-electron chi connectivity index (χ0n) is 10.2. The Kier molecular flexibility index (Phi) is 4.11. The second kappa shape index (κ2) is 5.61. The molecule has 1 aromatic carbocycles. The summed E-state index contributed by atoms with van der Waals surface area (Å²) in [6, 6.07) is 2.07. The summed E-state index contributed by atoms with van der Waals surface area (Å²) in [5.41, 5.74) is 0.271. The van der Waals surface area contributed by atoms with Crippen molar-refractivity contribution in [3.05, 3.63) is 29.6 Å². The van der Waals surface area contributed by atoms with E-state index in [-0.39, 0.29) is 17.8 Å². The van der Waals surface area contributed by atoms with Crippen molar-refractivity contribution < 1.29 is 17.9 Å². The van der Waals surface area contributed by atoms with Crippen LogP contribution in [0.15, 0.2) is 12.1 Å². The fourth-order valence-electron chi connectivity index (χ4n) is 2.17. The van der Waals surface area contributed by atoms with Gasteiger partial charge in [-0.25, -0.2) is 13.2 Å². The van der Waals surface area contributed by atoms with E-state index in [1.54, 1.807) is 0 Å². The van der Waals surface area contributed by atoms with Crippen molar-refractivity contribution in [1.82, 2.24) is 0 Å². The molecule has 1 fully saturated rings. The lowest BCUT2D eigenvalue weighted by molar-refractivity contribution is 0.00925. The van der Waals surface area contributed by atoms with Crippen LogP contribution in [0.5, 0.6) is 0 Å². The van der Waals surface area contributed by atoms with E-state index >= 15 is 0 Å². The highest BCUT2D eigenvalue weighted by molar-refractivity contribution is 5.45. The monoisotopic (exact) mass is 259 g/mol. The van der Waals surface area contributed by atoms with E-state index in [1.807, 2.05) is 6.92 Å². The van der Waals surface area contributed by atoms with Gasteiger partial charge < -0.3 is 10.1 Å². The second-order valence-electron chi connectivity index (χ2n) is 4.52. The standard InChI is InChI=1S/C13H16F3NO/c1-2-10-5-8(3-4-18-10)17-9-6-11(14)13(16)12(15)7-9/h6-8,10,17H,2-5H2,1H3. The van der Waals surface area contributed by atoms with E-state index in [2.05, 4.69) is 5.32 Å². The Labute approximate surface area is 104 Å².